The third-order valence-electron chi connectivity index (χ3n) is 2.22. The second kappa shape index (κ2) is 6.72. The van der Waals surface area contributed by atoms with E-state index in [4.69, 9.17) is 5.73 Å². The van der Waals surface area contributed by atoms with E-state index in [-0.39, 0.29) is 0 Å². The minimum absolute atomic E-state index is 0.342. The van der Waals surface area contributed by atoms with E-state index in [1.54, 1.807) is 0 Å². The summed E-state index contributed by atoms with van der Waals surface area (Å²) in [5, 5.41) is 0. The van der Waals surface area contributed by atoms with Gasteiger partial charge in [0.25, 0.3) is 0 Å². The van der Waals surface area contributed by atoms with Crippen LogP contribution >= 0.6 is 11.8 Å². The van der Waals surface area contributed by atoms with Gasteiger partial charge >= 0.3 is 0 Å². The zero-order valence-corrected chi connectivity index (χ0v) is 10.4. The summed E-state index contributed by atoms with van der Waals surface area (Å²) in [6.07, 6.45) is 3.78. The van der Waals surface area contributed by atoms with Crippen LogP contribution in [0.2, 0.25) is 0 Å². The van der Waals surface area contributed by atoms with Gasteiger partial charge in [-0.1, -0.05) is 20.8 Å². The smallest absolute Gasteiger partial charge is 0.00155 e. The lowest BCUT2D eigenvalue weighted by Gasteiger charge is -2.26. The van der Waals surface area contributed by atoms with Crippen molar-refractivity contribution in [3.05, 3.63) is 0 Å². The Hall–Kier alpha value is 0.310. The fourth-order valence-corrected chi connectivity index (χ4v) is 2.41. The zero-order chi connectivity index (χ0) is 10.3. The topological polar surface area (TPSA) is 26.0 Å². The van der Waals surface area contributed by atoms with Crippen molar-refractivity contribution in [1.82, 2.24) is 0 Å². The molecule has 0 aliphatic carbocycles. The molecule has 0 heterocycles. The van der Waals surface area contributed by atoms with Crippen molar-refractivity contribution in [2.24, 2.45) is 11.1 Å². The van der Waals surface area contributed by atoms with Crippen molar-refractivity contribution in [3.63, 3.8) is 0 Å². The summed E-state index contributed by atoms with van der Waals surface area (Å²) in [7, 11) is 0. The largest absolute Gasteiger partial charge is 0.328 e. The molecule has 80 valence electrons. The van der Waals surface area contributed by atoms with Gasteiger partial charge < -0.3 is 5.73 Å². The molecule has 0 aromatic rings. The minimum atomic E-state index is 0.342. The van der Waals surface area contributed by atoms with Crippen LogP contribution < -0.4 is 5.73 Å². The van der Waals surface area contributed by atoms with E-state index in [1.807, 2.05) is 11.8 Å². The van der Waals surface area contributed by atoms with Gasteiger partial charge in [-0.3, -0.25) is 0 Å². The summed E-state index contributed by atoms with van der Waals surface area (Å²) in [6, 6.07) is 0.342. The molecule has 2 heteroatoms. The molecule has 0 bridgehead atoms. The highest BCUT2D eigenvalue weighted by molar-refractivity contribution is 7.99. The van der Waals surface area contributed by atoms with Crippen LogP contribution in [0.5, 0.6) is 0 Å². The summed E-state index contributed by atoms with van der Waals surface area (Å²) in [5.41, 5.74) is 6.24. The highest BCUT2D eigenvalue weighted by Crippen LogP contribution is 2.28. The molecule has 0 saturated heterocycles. The van der Waals surface area contributed by atoms with Crippen molar-refractivity contribution < 1.29 is 0 Å². The molecule has 0 fully saturated rings. The quantitative estimate of drug-likeness (QED) is 0.643. The Kier molecular flexibility index (Phi) is 6.88. The molecule has 0 aliphatic rings. The molecule has 1 unspecified atom stereocenters. The molecule has 0 aromatic carbocycles. The Labute approximate surface area is 87.9 Å². The van der Waals surface area contributed by atoms with Crippen molar-refractivity contribution in [2.45, 2.75) is 53.0 Å². The summed E-state index contributed by atoms with van der Waals surface area (Å²) in [5.74, 6) is 2.55. The summed E-state index contributed by atoms with van der Waals surface area (Å²) < 4.78 is 0. The Morgan fingerprint density at radius 3 is 2.46 bits per heavy atom. The van der Waals surface area contributed by atoms with E-state index < -0.39 is 0 Å². The van der Waals surface area contributed by atoms with Gasteiger partial charge in [-0.25, -0.2) is 0 Å². The van der Waals surface area contributed by atoms with Gasteiger partial charge in [-0.05, 0) is 43.1 Å². The predicted molar refractivity (Wildman–Crippen MR) is 64.3 cm³/mol. The second-order valence-electron chi connectivity index (χ2n) is 4.65. The van der Waals surface area contributed by atoms with Crippen LogP contribution in [0.15, 0.2) is 0 Å². The van der Waals surface area contributed by atoms with Gasteiger partial charge in [0, 0.05) is 6.04 Å². The number of thioether (sulfide) groups is 1. The lowest BCUT2D eigenvalue weighted by Crippen LogP contribution is -2.25. The van der Waals surface area contributed by atoms with E-state index in [1.165, 1.54) is 24.3 Å². The third kappa shape index (κ3) is 8.63. The minimum Gasteiger partial charge on any atom is -0.328 e. The fourth-order valence-electron chi connectivity index (χ4n) is 1.77. The Balaban J connectivity index is 3.50. The first-order valence-electron chi connectivity index (χ1n) is 5.31. The average molecular weight is 203 g/mol. The first-order chi connectivity index (χ1) is 5.98. The first-order valence-corrected chi connectivity index (χ1v) is 6.47. The molecular formula is C11H25NS. The van der Waals surface area contributed by atoms with E-state index in [9.17, 15) is 0 Å². The van der Waals surface area contributed by atoms with Crippen molar-refractivity contribution >= 4 is 11.8 Å². The molecule has 0 radical (unpaired) electrons. The van der Waals surface area contributed by atoms with Crippen molar-refractivity contribution in [3.8, 4) is 0 Å². The highest BCUT2D eigenvalue weighted by Gasteiger charge is 2.18. The molecule has 0 rings (SSSR count). The van der Waals surface area contributed by atoms with Gasteiger partial charge in [0.2, 0.25) is 0 Å². The van der Waals surface area contributed by atoms with Crippen LogP contribution in [-0.2, 0) is 0 Å². The molecule has 0 aliphatic heterocycles. The summed E-state index contributed by atoms with van der Waals surface area (Å²) in [6.45, 7) is 8.97. The molecule has 2 N–H and O–H groups in total. The maximum Gasteiger partial charge on any atom is 0.00155 e. The average Bonchev–Trinajstić information content (AvgIpc) is 1.95. The van der Waals surface area contributed by atoms with Crippen LogP contribution in [0.25, 0.3) is 0 Å². The molecule has 13 heavy (non-hydrogen) atoms. The molecular weight excluding hydrogens is 178 g/mol. The van der Waals surface area contributed by atoms with Crippen molar-refractivity contribution in [2.75, 3.05) is 11.5 Å². The number of hydrogen-bond acceptors (Lipinski definition) is 2. The maximum absolute atomic E-state index is 5.80. The molecule has 1 nitrogen and oxygen atoms in total. The van der Waals surface area contributed by atoms with Crippen LogP contribution in [0, 0.1) is 5.41 Å². The lowest BCUT2D eigenvalue weighted by molar-refractivity contribution is 0.285. The second-order valence-corrected chi connectivity index (χ2v) is 6.04. The molecule has 0 aromatic heterocycles. The van der Waals surface area contributed by atoms with Crippen LogP contribution in [0.1, 0.15) is 47.0 Å². The Morgan fingerprint density at radius 2 is 2.00 bits per heavy atom. The maximum atomic E-state index is 5.80. The van der Waals surface area contributed by atoms with Gasteiger partial charge in [0.05, 0.1) is 0 Å². The monoisotopic (exact) mass is 203 g/mol. The van der Waals surface area contributed by atoms with Crippen molar-refractivity contribution in [1.29, 1.82) is 0 Å². The highest BCUT2D eigenvalue weighted by atomic mass is 32.2. The fraction of sp³-hybridized carbons (Fsp3) is 1.00. The Morgan fingerprint density at radius 1 is 1.38 bits per heavy atom. The predicted octanol–water partition coefficient (Wildman–Crippen LogP) is 3.28. The third-order valence-corrected chi connectivity index (χ3v) is 3.21. The van der Waals surface area contributed by atoms with E-state index in [2.05, 4.69) is 27.7 Å². The van der Waals surface area contributed by atoms with Gasteiger partial charge in [-0.2, -0.15) is 11.8 Å². The standard InChI is InChI=1S/C11H25NS/c1-5-13-8-6-7-11(3,4)9-10(2)12/h10H,5-9,12H2,1-4H3. The summed E-state index contributed by atoms with van der Waals surface area (Å²) in [4.78, 5) is 0. The number of rotatable bonds is 7. The lowest BCUT2D eigenvalue weighted by atomic mass is 9.82. The zero-order valence-electron chi connectivity index (χ0n) is 9.60. The van der Waals surface area contributed by atoms with Crippen LogP contribution in [0.4, 0.5) is 0 Å². The molecule has 0 spiro atoms. The molecule has 0 amide bonds. The first kappa shape index (κ1) is 13.3. The van der Waals surface area contributed by atoms with E-state index >= 15 is 0 Å². The van der Waals surface area contributed by atoms with Gasteiger partial charge in [0.1, 0.15) is 0 Å². The SMILES string of the molecule is CCSCCCC(C)(C)CC(C)N. The Bertz CT molecular complexity index is 121. The van der Waals surface area contributed by atoms with Gasteiger partial charge in [0.15, 0.2) is 0 Å². The summed E-state index contributed by atoms with van der Waals surface area (Å²) >= 11 is 2.04. The van der Waals surface area contributed by atoms with Crippen LogP contribution in [-0.4, -0.2) is 17.5 Å². The number of nitrogens with two attached hydrogens (primary N) is 1. The van der Waals surface area contributed by atoms with Gasteiger partial charge in [-0.15, -0.1) is 0 Å². The number of hydrogen-bond donors (Lipinski definition) is 1. The van der Waals surface area contributed by atoms with E-state index in [0.29, 0.717) is 11.5 Å². The normalized spacial score (nSPS) is 14.5. The molecule has 0 saturated carbocycles. The van der Waals surface area contributed by atoms with E-state index in [0.717, 1.165) is 6.42 Å². The molecule has 1 atom stereocenters. The van der Waals surface area contributed by atoms with Crippen LogP contribution in [0.3, 0.4) is 0 Å².